The van der Waals surface area contributed by atoms with E-state index in [2.05, 4.69) is 22.6 Å². The fourth-order valence-electron chi connectivity index (χ4n) is 4.58. The largest absolute Gasteiger partial charge is 0.481 e. The van der Waals surface area contributed by atoms with E-state index in [1.54, 1.807) is 58.3 Å². The van der Waals surface area contributed by atoms with Crippen molar-refractivity contribution in [1.29, 1.82) is 0 Å². The van der Waals surface area contributed by atoms with Crippen molar-refractivity contribution in [2.75, 3.05) is 11.4 Å². The van der Waals surface area contributed by atoms with Crippen molar-refractivity contribution in [1.82, 2.24) is 4.90 Å². The number of aliphatic carboxylic acids is 1. The van der Waals surface area contributed by atoms with Gasteiger partial charge in [-0.25, -0.2) is 0 Å². The predicted molar refractivity (Wildman–Crippen MR) is 153 cm³/mol. The average Bonchev–Trinajstić information content (AvgIpc) is 2.95. The number of nitrogens with zero attached hydrogens (tertiary/aromatic N) is 2. The maximum atomic E-state index is 14.3. The van der Waals surface area contributed by atoms with Crippen LogP contribution in [0.2, 0.25) is 10.0 Å². The summed E-state index contributed by atoms with van der Waals surface area (Å²) in [6.07, 6.45) is 0.918. The normalized spacial score (nSPS) is 16.4. The fraction of sp³-hybridized carbons (Fsp3) is 0.250. The van der Waals surface area contributed by atoms with E-state index in [0.717, 1.165) is 9.13 Å². The molecule has 1 heterocycles. The molecule has 1 unspecified atom stereocenters. The van der Waals surface area contributed by atoms with Crippen LogP contribution in [0.15, 0.2) is 66.7 Å². The standard InChI is InChI=1S/C28H25Cl2IN2O4/c1-17(18-5-9-20(29)10-6-18)33-26(19-7-11-21(30)12-8-19)28(37)32(15-3-2-4-25(34)35)24-14-13-22(31)16-23(24)27(33)36/h5-14,16-17,26H,2-4,15H2,1H3,(H,34,35)/t17?,26-/m0/s1. The molecule has 1 aliphatic heterocycles. The van der Waals surface area contributed by atoms with Crippen LogP contribution in [0, 0.1) is 3.57 Å². The van der Waals surface area contributed by atoms with E-state index >= 15 is 0 Å². The van der Waals surface area contributed by atoms with Gasteiger partial charge in [0.05, 0.1) is 17.3 Å². The molecule has 1 N–H and O–H groups in total. The van der Waals surface area contributed by atoms with Crippen molar-refractivity contribution in [2.45, 2.75) is 38.3 Å². The summed E-state index contributed by atoms with van der Waals surface area (Å²) in [5, 5.41) is 10.2. The number of carbonyl (C=O) groups is 3. The number of fused-ring (bicyclic) bond motifs is 1. The first kappa shape index (κ1) is 27.4. The topological polar surface area (TPSA) is 77.9 Å². The second kappa shape index (κ2) is 11.8. The number of hydrogen-bond acceptors (Lipinski definition) is 3. The summed E-state index contributed by atoms with van der Waals surface area (Å²) in [7, 11) is 0. The molecule has 192 valence electrons. The Bertz CT molecular complexity index is 1310. The lowest BCUT2D eigenvalue weighted by Gasteiger charge is -2.36. The van der Waals surface area contributed by atoms with Gasteiger partial charge < -0.3 is 14.9 Å². The molecular formula is C28H25Cl2IN2O4. The molecule has 0 spiro atoms. The third kappa shape index (κ3) is 6.10. The number of anilines is 1. The Kier molecular flexibility index (Phi) is 8.77. The minimum absolute atomic E-state index is 0.0147. The summed E-state index contributed by atoms with van der Waals surface area (Å²) >= 11 is 14.4. The zero-order valence-electron chi connectivity index (χ0n) is 20.0. The van der Waals surface area contributed by atoms with Gasteiger partial charge >= 0.3 is 5.97 Å². The number of carboxylic acids is 1. The molecule has 1 aliphatic rings. The molecule has 2 amide bonds. The van der Waals surface area contributed by atoms with Crippen LogP contribution in [0.25, 0.3) is 0 Å². The molecule has 0 saturated heterocycles. The minimum atomic E-state index is -0.917. The summed E-state index contributed by atoms with van der Waals surface area (Å²) in [5.41, 5.74) is 2.43. The van der Waals surface area contributed by atoms with E-state index in [4.69, 9.17) is 28.3 Å². The summed E-state index contributed by atoms with van der Waals surface area (Å²) in [5.74, 6) is -1.40. The number of carboxylic acid groups (broad SMARTS) is 1. The number of carbonyl (C=O) groups excluding carboxylic acids is 2. The highest BCUT2D eigenvalue weighted by Gasteiger charge is 2.42. The van der Waals surface area contributed by atoms with Gasteiger partial charge in [-0.1, -0.05) is 47.5 Å². The van der Waals surface area contributed by atoms with Crippen LogP contribution < -0.4 is 4.90 Å². The molecule has 0 fully saturated rings. The molecule has 0 aromatic heterocycles. The highest BCUT2D eigenvalue weighted by Crippen LogP contribution is 2.40. The molecule has 2 atom stereocenters. The predicted octanol–water partition coefficient (Wildman–Crippen LogP) is 7.14. The number of halogens is 3. The van der Waals surface area contributed by atoms with Gasteiger partial charge in [0.2, 0.25) is 0 Å². The first-order valence-corrected chi connectivity index (χ1v) is 13.7. The van der Waals surface area contributed by atoms with Gasteiger partial charge in [-0.2, -0.15) is 0 Å². The van der Waals surface area contributed by atoms with E-state index in [1.165, 1.54) is 0 Å². The van der Waals surface area contributed by atoms with Crippen molar-refractivity contribution >= 4 is 69.3 Å². The zero-order chi connectivity index (χ0) is 26.7. The highest BCUT2D eigenvalue weighted by atomic mass is 127. The van der Waals surface area contributed by atoms with Gasteiger partial charge in [0.25, 0.3) is 11.8 Å². The maximum absolute atomic E-state index is 14.3. The first-order chi connectivity index (χ1) is 17.7. The van der Waals surface area contributed by atoms with Crippen molar-refractivity contribution < 1.29 is 19.5 Å². The summed E-state index contributed by atoms with van der Waals surface area (Å²) in [4.78, 5) is 42.8. The molecule has 0 saturated carbocycles. The lowest BCUT2D eigenvalue weighted by molar-refractivity contribution is -0.137. The Morgan fingerprint density at radius 2 is 1.59 bits per heavy atom. The molecule has 6 nitrogen and oxygen atoms in total. The fourth-order valence-corrected chi connectivity index (χ4v) is 5.33. The van der Waals surface area contributed by atoms with Crippen LogP contribution in [-0.4, -0.2) is 34.3 Å². The molecule has 0 radical (unpaired) electrons. The summed E-state index contributed by atoms with van der Waals surface area (Å²) in [6, 6.07) is 18.3. The molecular weight excluding hydrogens is 626 g/mol. The molecule has 3 aromatic rings. The Hall–Kier alpha value is -2.62. The van der Waals surface area contributed by atoms with E-state index in [0.29, 0.717) is 46.2 Å². The van der Waals surface area contributed by atoms with Crippen LogP contribution >= 0.6 is 45.8 Å². The average molecular weight is 651 g/mol. The van der Waals surface area contributed by atoms with Gasteiger partial charge in [-0.15, -0.1) is 0 Å². The Morgan fingerprint density at radius 1 is 0.973 bits per heavy atom. The lowest BCUT2D eigenvalue weighted by Crippen LogP contribution is -2.44. The Balaban J connectivity index is 1.85. The monoisotopic (exact) mass is 650 g/mol. The molecule has 3 aromatic carbocycles. The van der Waals surface area contributed by atoms with E-state index < -0.39 is 18.1 Å². The Labute approximate surface area is 239 Å². The third-order valence-electron chi connectivity index (χ3n) is 6.47. The zero-order valence-corrected chi connectivity index (χ0v) is 23.7. The van der Waals surface area contributed by atoms with E-state index in [1.807, 2.05) is 25.1 Å². The Morgan fingerprint density at radius 3 is 2.22 bits per heavy atom. The number of unbranched alkanes of at least 4 members (excludes halogenated alkanes) is 1. The highest BCUT2D eigenvalue weighted by molar-refractivity contribution is 14.1. The molecule has 37 heavy (non-hydrogen) atoms. The van der Waals surface area contributed by atoms with Crippen LogP contribution in [-0.2, 0) is 9.59 Å². The van der Waals surface area contributed by atoms with Crippen LogP contribution in [0.3, 0.4) is 0 Å². The van der Waals surface area contributed by atoms with Gasteiger partial charge in [-0.05, 0) is 95.9 Å². The van der Waals surface area contributed by atoms with Crippen LogP contribution in [0.4, 0.5) is 5.69 Å². The number of amides is 2. The molecule has 0 bridgehead atoms. The number of hydrogen-bond donors (Lipinski definition) is 1. The summed E-state index contributed by atoms with van der Waals surface area (Å²) < 4.78 is 0.868. The first-order valence-electron chi connectivity index (χ1n) is 11.8. The molecule has 9 heteroatoms. The van der Waals surface area contributed by atoms with Gasteiger partial charge in [0.15, 0.2) is 0 Å². The van der Waals surface area contributed by atoms with Gasteiger partial charge in [0.1, 0.15) is 6.04 Å². The quantitative estimate of drug-likeness (QED) is 0.208. The molecule has 0 aliphatic carbocycles. The van der Waals surface area contributed by atoms with E-state index in [-0.39, 0.29) is 18.2 Å². The van der Waals surface area contributed by atoms with Crippen LogP contribution in [0.1, 0.15) is 59.8 Å². The SMILES string of the molecule is CC(c1ccc(Cl)cc1)N1C(=O)c2cc(I)ccc2N(CCCCC(=O)O)C(=O)[C@@H]1c1ccc(Cl)cc1. The van der Waals surface area contributed by atoms with Gasteiger partial charge in [-0.3, -0.25) is 14.4 Å². The van der Waals surface area contributed by atoms with Crippen molar-refractivity contribution in [3.05, 3.63) is 97.0 Å². The number of benzene rings is 3. The number of rotatable bonds is 8. The smallest absolute Gasteiger partial charge is 0.303 e. The van der Waals surface area contributed by atoms with Crippen LogP contribution in [0.5, 0.6) is 0 Å². The van der Waals surface area contributed by atoms with Crippen molar-refractivity contribution in [3.8, 4) is 0 Å². The second-order valence-electron chi connectivity index (χ2n) is 8.90. The van der Waals surface area contributed by atoms with E-state index in [9.17, 15) is 14.4 Å². The molecule has 4 rings (SSSR count). The maximum Gasteiger partial charge on any atom is 0.303 e. The second-order valence-corrected chi connectivity index (χ2v) is 11.0. The lowest BCUT2D eigenvalue weighted by atomic mass is 9.98. The van der Waals surface area contributed by atoms with Gasteiger partial charge in [0, 0.05) is 26.6 Å². The summed E-state index contributed by atoms with van der Waals surface area (Å²) in [6.45, 7) is 2.19. The van der Waals surface area contributed by atoms with Crippen molar-refractivity contribution in [2.24, 2.45) is 0 Å². The third-order valence-corrected chi connectivity index (χ3v) is 7.65. The van der Waals surface area contributed by atoms with Crippen molar-refractivity contribution in [3.63, 3.8) is 0 Å². The minimum Gasteiger partial charge on any atom is -0.481 e.